The third-order valence-corrected chi connectivity index (χ3v) is 6.63. The number of pyridine rings is 1. The Morgan fingerprint density at radius 3 is 2.59 bits per heavy atom. The Kier molecular flexibility index (Phi) is 4.07. The van der Waals surface area contributed by atoms with Gasteiger partial charge < -0.3 is 5.11 Å². The molecule has 3 aliphatic rings. The van der Waals surface area contributed by atoms with E-state index in [4.69, 9.17) is 15.8 Å². The number of allylic oxidation sites excluding steroid dienone is 1. The molecule has 1 aromatic heterocycles. The van der Waals surface area contributed by atoms with Crippen LogP contribution in [-0.4, -0.2) is 32.3 Å². The molecular formula is C26H24N5O+. The van der Waals surface area contributed by atoms with Crippen molar-refractivity contribution in [2.75, 3.05) is 0 Å². The molecule has 2 aromatic carbocycles. The van der Waals surface area contributed by atoms with Crippen molar-refractivity contribution in [2.24, 2.45) is 21.7 Å². The van der Waals surface area contributed by atoms with Crippen LogP contribution < -0.4 is 5.84 Å². The summed E-state index contributed by atoms with van der Waals surface area (Å²) in [5.74, 6) is 7.97. The van der Waals surface area contributed by atoms with Crippen LogP contribution in [0.1, 0.15) is 25.3 Å². The summed E-state index contributed by atoms with van der Waals surface area (Å²) in [6.07, 6.45) is 6.58. The van der Waals surface area contributed by atoms with Crippen LogP contribution in [-0.2, 0) is 0 Å². The fourth-order valence-corrected chi connectivity index (χ4v) is 5.03. The van der Waals surface area contributed by atoms with Crippen molar-refractivity contribution < 1.29 is 9.70 Å². The van der Waals surface area contributed by atoms with Crippen molar-refractivity contribution in [1.82, 2.24) is 4.98 Å². The number of nitrogens with zero attached hydrogens (tertiary/aromatic N) is 4. The van der Waals surface area contributed by atoms with E-state index in [2.05, 4.69) is 30.1 Å². The van der Waals surface area contributed by atoms with E-state index in [9.17, 15) is 5.11 Å². The lowest BCUT2D eigenvalue weighted by atomic mass is 9.70. The Morgan fingerprint density at radius 2 is 1.81 bits per heavy atom. The first-order valence-corrected chi connectivity index (χ1v) is 10.9. The predicted octanol–water partition coefficient (Wildman–Crippen LogP) is 4.28. The van der Waals surface area contributed by atoms with Gasteiger partial charge in [0.05, 0.1) is 29.2 Å². The average Bonchev–Trinajstić information content (AvgIpc) is 3.11. The van der Waals surface area contributed by atoms with Gasteiger partial charge in [-0.05, 0) is 37.0 Å². The molecule has 1 fully saturated rings. The number of nitrogens with two attached hydrogens (primary N) is 1. The molecule has 32 heavy (non-hydrogen) atoms. The van der Waals surface area contributed by atoms with Gasteiger partial charge in [0.25, 0.3) is 5.84 Å². The fourth-order valence-electron chi connectivity index (χ4n) is 5.03. The van der Waals surface area contributed by atoms with E-state index < -0.39 is 5.60 Å². The lowest BCUT2D eigenvalue weighted by Crippen LogP contribution is -2.53. The standard InChI is InChI=1S/C26H24N5O/c1-17-14-26(32,15-17)24-23-16-28-11-12-31(23,27)25(30-24)20-8-7-19-9-10-21(29-22(19)13-20)18-5-3-2-4-6-18/h2-13,16-17,32H,14-15,27H2,1H3/q+1. The van der Waals surface area contributed by atoms with Gasteiger partial charge in [0.1, 0.15) is 17.5 Å². The lowest BCUT2D eigenvalue weighted by molar-refractivity contribution is -0.750. The third kappa shape index (κ3) is 2.81. The maximum absolute atomic E-state index is 11.2. The number of amidine groups is 1. The highest BCUT2D eigenvalue weighted by molar-refractivity contribution is 6.02. The molecule has 0 radical (unpaired) electrons. The van der Waals surface area contributed by atoms with E-state index >= 15 is 0 Å². The molecule has 1 aliphatic carbocycles. The van der Waals surface area contributed by atoms with Crippen LogP contribution in [0.25, 0.3) is 22.2 Å². The van der Waals surface area contributed by atoms with E-state index in [1.807, 2.05) is 48.7 Å². The van der Waals surface area contributed by atoms with Crippen LogP contribution in [0.3, 0.4) is 0 Å². The van der Waals surface area contributed by atoms with Crippen molar-refractivity contribution >= 4 is 23.0 Å². The predicted molar refractivity (Wildman–Crippen MR) is 126 cm³/mol. The van der Waals surface area contributed by atoms with Gasteiger partial charge >= 0.3 is 0 Å². The Morgan fingerprint density at radius 1 is 1.03 bits per heavy atom. The lowest BCUT2D eigenvalue weighted by Gasteiger charge is -2.41. The maximum Gasteiger partial charge on any atom is 0.265 e. The monoisotopic (exact) mass is 422 g/mol. The van der Waals surface area contributed by atoms with Gasteiger partial charge in [0.15, 0.2) is 0 Å². The highest BCUT2D eigenvalue weighted by Gasteiger charge is 2.54. The second-order valence-electron chi connectivity index (χ2n) is 9.04. The molecule has 0 amide bonds. The van der Waals surface area contributed by atoms with Gasteiger partial charge in [-0.25, -0.2) is 4.98 Å². The van der Waals surface area contributed by atoms with E-state index in [0.29, 0.717) is 30.3 Å². The first-order chi connectivity index (χ1) is 15.5. The summed E-state index contributed by atoms with van der Waals surface area (Å²) in [4.78, 5) is 14.1. The van der Waals surface area contributed by atoms with Gasteiger partial charge in [-0.15, -0.1) is 4.59 Å². The number of hydrogen-bond donors (Lipinski definition) is 2. The van der Waals surface area contributed by atoms with Crippen LogP contribution in [0.2, 0.25) is 0 Å². The first-order valence-electron chi connectivity index (χ1n) is 10.9. The number of hydrogen-bond acceptors (Lipinski definition) is 5. The molecule has 6 nitrogen and oxygen atoms in total. The summed E-state index contributed by atoms with van der Waals surface area (Å²) in [7, 11) is 0. The number of aliphatic hydroxyl groups is 1. The molecule has 1 unspecified atom stereocenters. The SMILES string of the molecule is CC1CC(O)(C2=C3C=NC=C[N+]3(N)C(c3ccc4ccc(-c5ccccc5)nc4c3)=N2)C1. The molecule has 3 N–H and O–H groups in total. The number of benzene rings is 2. The second kappa shape index (κ2) is 6.77. The normalized spacial score (nSPS) is 28.6. The molecule has 0 spiro atoms. The van der Waals surface area contributed by atoms with Gasteiger partial charge in [-0.2, -0.15) is 10.8 Å². The van der Waals surface area contributed by atoms with E-state index in [0.717, 1.165) is 33.4 Å². The van der Waals surface area contributed by atoms with Crippen molar-refractivity contribution in [1.29, 1.82) is 0 Å². The molecule has 3 heterocycles. The van der Waals surface area contributed by atoms with Crippen molar-refractivity contribution in [3.63, 3.8) is 0 Å². The molecule has 6 rings (SSSR count). The number of fused-ring (bicyclic) bond motifs is 2. The van der Waals surface area contributed by atoms with Crippen LogP contribution in [0.5, 0.6) is 0 Å². The summed E-state index contributed by atoms with van der Waals surface area (Å²) in [6, 6.07) is 20.3. The summed E-state index contributed by atoms with van der Waals surface area (Å²) in [5, 5.41) is 12.3. The van der Waals surface area contributed by atoms with Crippen LogP contribution >= 0.6 is 0 Å². The van der Waals surface area contributed by atoms with E-state index in [1.165, 1.54) is 0 Å². The van der Waals surface area contributed by atoms with E-state index in [-0.39, 0.29) is 4.59 Å². The summed E-state index contributed by atoms with van der Waals surface area (Å²) in [6.45, 7) is 2.14. The number of aliphatic imine (C=N–C) groups is 2. The Hall–Kier alpha value is -3.45. The Labute approximate surface area is 186 Å². The van der Waals surface area contributed by atoms with Crippen molar-refractivity contribution in [2.45, 2.75) is 25.4 Å². The quantitative estimate of drug-likeness (QED) is 0.488. The summed E-state index contributed by atoms with van der Waals surface area (Å²) < 4.78 is -0.0978. The molecule has 1 atom stereocenters. The maximum atomic E-state index is 11.2. The topological polar surface area (TPSA) is 83.9 Å². The zero-order valence-corrected chi connectivity index (χ0v) is 17.8. The zero-order chi connectivity index (χ0) is 21.9. The van der Waals surface area contributed by atoms with Crippen LogP contribution in [0.15, 0.2) is 94.4 Å². The van der Waals surface area contributed by atoms with E-state index in [1.54, 1.807) is 12.4 Å². The van der Waals surface area contributed by atoms with Gasteiger partial charge in [-0.1, -0.05) is 49.4 Å². The highest BCUT2D eigenvalue weighted by Crippen LogP contribution is 2.47. The molecular weight excluding hydrogens is 398 g/mol. The smallest absolute Gasteiger partial charge is 0.265 e. The van der Waals surface area contributed by atoms with Gasteiger partial charge in [0, 0.05) is 10.9 Å². The minimum absolute atomic E-state index is 0.0978. The third-order valence-electron chi connectivity index (χ3n) is 6.63. The van der Waals surface area contributed by atoms with Crippen LogP contribution in [0.4, 0.5) is 0 Å². The van der Waals surface area contributed by atoms with Gasteiger partial charge in [-0.3, -0.25) is 4.99 Å². The molecule has 0 bridgehead atoms. The minimum Gasteiger partial charge on any atom is -0.383 e. The Bertz CT molecular complexity index is 1370. The molecule has 3 aromatic rings. The summed E-state index contributed by atoms with van der Waals surface area (Å²) >= 11 is 0. The summed E-state index contributed by atoms with van der Waals surface area (Å²) in [5.41, 5.74) is 4.15. The fraction of sp³-hybridized carbons (Fsp3) is 0.192. The first kappa shape index (κ1) is 19.3. The van der Waals surface area contributed by atoms with Crippen LogP contribution in [0, 0.1) is 5.92 Å². The average molecular weight is 423 g/mol. The number of rotatable bonds is 3. The Balaban J connectivity index is 1.46. The van der Waals surface area contributed by atoms with Crippen molar-refractivity contribution in [3.05, 3.63) is 90.0 Å². The highest BCUT2D eigenvalue weighted by atomic mass is 16.3. The van der Waals surface area contributed by atoms with Gasteiger partial charge in [0.2, 0.25) is 5.70 Å². The number of aromatic nitrogens is 1. The largest absolute Gasteiger partial charge is 0.383 e. The van der Waals surface area contributed by atoms with Crippen molar-refractivity contribution in [3.8, 4) is 11.3 Å². The minimum atomic E-state index is -0.952. The molecule has 1 saturated carbocycles. The molecule has 0 saturated heterocycles. The second-order valence-corrected chi connectivity index (χ2v) is 9.04. The molecule has 6 heteroatoms. The number of quaternary nitrogens is 1. The molecule has 158 valence electrons. The molecule has 2 aliphatic heterocycles. The zero-order valence-electron chi connectivity index (χ0n) is 17.8.